The molecule has 0 aliphatic carbocycles. The van der Waals surface area contributed by atoms with Gasteiger partial charge >= 0.3 is 0 Å². The van der Waals surface area contributed by atoms with Gasteiger partial charge in [-0.05, 0) is 24.3 Å². The molecule has 7 nitrogen and oxygen atoms in total. The summed E-state index contributed by atoms with van der Waals surface area (Å²) in [5.74, 6) is -0.101. The molecule has 0 unspecified atom stereocenters. The first-order valence-corrected chi connectivity index (χ1v) is 9.19. The minimum atomic E-state index is -0.938. The van der Waals surface area contributed by atoms with Crippen molar-refractivity contribution < 1.29 is 13.5 Å². The zero-order valence-electron chi connectivity index (χ0n) is 15.8. The fourth-order valence-electron chi connectivity index (χ4n) is 3.27. The summed E-state index contributed by atoms with van der Waals surface area (Å²) in [6, 6.07) is 11.5. The van der Waals surface area contributed by atoms with Crippen LogP contribution in [0.25, 0.3) is 0 Å². The molecule has 1 fully saturated rings. The van der Waals surface area contributed by atoms with Gasteiger partial charge in [-0.3, -0.25) is 0 Å². The van der Waals surface area contributed by atoms with Crippen LogP contribution < -0.4 is 19.9 Å². The van der Waals surface area contributed by atoms with Crippen LogP contribution in [0.15, 0.2) is 48.7 Å². The number of hydrogen-bond donors (Lipinski definition) is 1. The summed E-state index contributed by atoms with van der Waals surface area (Å²) in [6.45, 7) is 3.11. The Morgan fingerprint density at radius 2 is 1.72 bits per heavy atom. The highest BCUT2D eigenvalue weighted by Gasteiger charge is 2.21. The van der Waals surface area contributed by atoms with Gasteiger partial charge in [0.2, 0.25) is 5.95 Å². The molecule has 1 aliphatic heterocycles. The first kappa shape index (κ1) is 18.9. The minimum absolute atomic E-state index is 0.223. The van der Waals surface area contributed by atoms with Crippen molar-refractivity contribution in [3.8, 4) is 5.75 Å². The van der Waals surface area contributed by atoms with Crippen LogP contribution in [-0.4, -0.2) is 48.5 Å². The van der Waals surface area contributed by atoms with E-state index in [1.165, 1.54) is 6.07 Å². The molecule has 9 heteroatoms. The van der Waals surface area contributed by atoms with E-state index >= 15 is 0 Å². The van der Waals surface area contributed by atoms with Gasteiger partial charge in [-0.1, -0.05) is 12.1 Å². The molecule has 0 spiro atoms. The molecule has 0 amide bonds. The quantitative estimate of drug-likeness (QED) is 0.708. The van der Waals surface area contributed by atoms with Crippen LogP contribution in [-0.2, 0) is 0 Å². The number of rotatable bonds is 5. The van der Waals surface area contributed by atoms with Crippen molar-refractivity contribution in [3.05, 3.63) is 60.3 Å². The van der Waals surface area contributed by atoms with Crippen molar-refractivity contribution in [2.24, 2.45) is 0 Å². The summed E-state index contributed by atoms with van der Waals surface area (Å²) in [5, 5.41) is 10.8. The topological polar surface area (TPSA) is 66.4 Å². The monoisotopic (exact) mass is 398 g/mol. The first-order chi connectivity index (χ1) is 14.1. The highest BCUT2D eigenvalue weighted by Crippen LogP contribution is 2.29. The Bertz CT molecular complexity index is 994. The van der Waals surface area contributed by atoms with E-state index in [1.807, 2.05) is 24.3 Å². The SMILES string of the molecule is COc1ccccc1N1CCN(c2cnnc(Nc3ccc(F)c(F)c3)n2)CC1. The zero-order valence-corrected chi connectivity index (χ0v) is 15.8. The number of hydrogen-bond acceptors (Lipinski definition) is 7. The number of anilines is 4. The molecule has 1 saturated heterocycles. The number of halogens is 2. The van der Waals surface area contributed by atoms with Crippen molar-refractivity contribution in [1.82, 2.24) is 15.2 Å². The summed E-state index contributed by atoms with van der Waals surface area (Å²) < 4.78 is 31.9. The van der Waals surface area contributed by atoms with E-state index in [1.54, 1.807) is 13.3 Å². The Hall–Kier alpha value is -3.49. The van der Waals surface area contributed by atoms with Gasteiger partial charge in [-0.25, -0.2) is 8.78 Å². The number of nitrogens with one attached hydrogen (secondary N) is 1. The Kier molecular flexibility index (Phi) is 5.37. The molecule has 150 valence electrons. The lowest BCUT2D eigenvalue weighted by molar-refractivity contribution is 0.413. The molecular weight excluding hydrogens is 378 g/mol. The van der Waals surface area contributed by atoms with Crippen LogP contribution >= 0.6 is 0 Å². The number of methoxy groups -OCH3 is 1. The molecule has 2 heterocycles. The molecular formula is C20H20F2N6O. The van der Waals surface area contributed by atoms with Gasteiger partial charge in [0.15, 0.2) is 17.5 Å². The van der Waals surface area contributed by atoms with E-state index in [9.17, 15) is 8.78 Å². The smallest absolute Gasteiger partial charge is 0.249 e. The van der Waals surface area contributed by atoms with E-state index < -0.39 is 11.6 Å². The standard InChI is InChI=1S/C20H20F2N6O/c1-29-18-5-3-2-4-17(18)27-8-10-28(11-9-27)19-13-23-26-20(25-19)24-14-6-7-15(21)16(22)12-14/h2-7,12-13H,8-11H2,1H3,(H,24,25,26). The predicted molar refractivity (Wildman–Crippen MR) is 107 cm³/mol. The molecule has 3 aromatic rings. The second-order valence-corrected chi connectivity index (χ2v) is 6.54. The first-order valence-electron chi connectivity index (χ1n) is 9.19. The number of ether oxygens (including phenoxy) is 1. The maximum Gasteiger partial charge on any atom is 0.249 e. The number of para-hydroxylation sites is 2. The Balaban J connectivity index is 1.43. The van der Waals surface area contributed by atoms with Gasteiger partial charge in [0.05, 0.1) is 19.0 Å². The third-order valence-corrected chi connectivity index (χ3v) is 4.75. The summed E-state index contributed by atoms with van der Waals surface area (Å²) in [7, 11) is 1.67. The maximum atomic E-state index is 13.4. The zero-order chi connectivity index (χ0) is 20.2. The number of aromatic nitrogens is 3. The van der Waals surface area contributed by atoms with Crippen molar-refractivity contribution >= 4 is 23.1 Å². The van der Waals surface area contributed by atoms with Crippen LogP contribution in [0, 0.1) is 11.6 Å². The molecule has 2 aromatic carbocycles. The van der Waals surface area contributed by atoms with E-state index in [-0.39, 0.29) is 5.95 Å². The van der Waals surface area contributed by atoms with Gasteiger partial charge in [0, 0.05) is 37.9 Å². The summed E-state index contributed by atoms with van der Waals surface area (Å²) in [5.41, 5.74) is 1.42. The van der Waals surface area contributed by atoms with Crippen LogP contribution in [0.1, 0.15) is 0 Å². The van der Waals surface area contributed by atoms with Crippen molar-refractivity contribution in [3.63, 3.8) is 0 Å². The van der Waals surface area contributed by atoms with Crippen LogP contribution in [0.3, 0.4) is 0 Å². The fourth-order valence-corrected chi connectivity index (χ4v) is 3.27. The van der Waals surface area contributed by atoms with Crippen LogP contribution in [0.2, 0.25) is 0 Å². The van der Waals surface area contributed by atoms with Crippen molar-refractivity contribution in [2.75, 3.05) is 48.4 Å². The van der Waals surface area contributed by atoms with Gasteiger partial charge in [0.1, 0.15) is 5.75 Å². The highest BCUT2D eigenvalue weighted by atomic mass is 19.2. The number of nitrogens with zero attached hydrogens (tertiary/aromatic N) is 5. The molecule has 4 rings (SSSR count). The average molecular weight is 398 g/mol. The third kappa shape index (κ3) is 4.18. The normalized spacial score (nSPS) is 14.0. The van der Waals surface area contributed by atoms with E-state index in [2.05, 4.69) is 30.3 Å². The Labute approximate surface area is 167 Å². The average Bonchev–Trinajstić information content (AvgIpc) is 2.76. The molecule has 1 N–H and O–H groups in total. The molecule has 0 saturated carbocycles. The summed E-state index contributed by atoms with van der Waals surface area (Å²) in [4.78, 5) is 8.83. The number of benzene rings is 2. The van der Waals surface area contributed by atoms with E-state index in [0.717, 1.165) is 49.7 Å². The predicted octanol–water partition coefficient (Wildman–Crippen LogP) is 3.23. The lowest BCUT2D eigenvalue weighted by Gasteiger charge is -2.37. The van der Waals surface area contributed by atoms with Gasteiger partial charge in [-0.15, -0.1) is 5.10 Å². The lowest BCUT2D eigenvalue weighted by Crippen LogP contribution is -2.47. The molecule has 0 radical (unpaired) electrons. The highest BCUT2D eigenvalue weighted by molar-refractivity contribution is 5.60. The molecule has 0 atom stereocenters. The maximum absolute atomic E-state index is 13.4. The van der Waals surface area contributed by atoms with Crippen molar-refractivity contribution in [1.29, 1.82) is 0 Å². The summed E-state index contributed by atoms with van der Waals surface area (Å²) >= 11 is 0. The Morgan fingerprint density at radius 3 is 2.48 bits per heavy atom. The second-order valence-electron chi connectivity index (χ2n) is 6.54. The van der Waals surface area contributed by atoms with Crippen LogP contribution in [0.5, 0.6) is 5.75 Å². The van der Waals surface area contributed by atoms with E-state index in [4.69, 9.17) is 4.74 Å². The van der Waals surface area contributed by atoms with Gasteiger partial charge in [0.25, 0.3) is 0 Å². The summed E-state index contributed by atoms with van der Waals surface area (Å²) in [6.07, 6.45) is 1.59. The Morgan fingerprint density at radius 1 is 0.966 bits per heavy atom. The fraction of sp³-hybridized carbons (Fsp3) is 0.250. The van der Waals surface area contributed by atoms with E-state index in [0.29, 0.717) is 11.5 Å². The number of piperazine rings is 1. The molecule has 1 aromatic heterocycles. The molecule has 1 aliphatic rings. The van der Waals surface area contributed by atoms with Crippen LogP contribution in [0.4, 0.5) is 31.9 Å². The largest absolute Gasteiger partial charge is 0.495 e. The van der Waals surface area contributed by atoms with Crippen molar-refractivity contribution in [2.45, 2.75) is 0 Å². The molecule has 0 bridgehead atoms. The molecule has 29 heavy (non-hydrogen) atoms. The van der Waals surface area contributed by atoms with Gasteiger partial charge in [-0.2, -0.15) is 10.1 Å². The van der Waals surface area contributed by atoms with Gasteiger partial charge < -0.3 is 19.9 Å². The second kappa shape index (κ2) is 8.26. The lowest BCUT2D eigenvalue weighted by atomic mass is 10.2. The minimum Gasteiger partial charge on any atom is -0.495 e. The third-order valence-electron chi connectivity index (χ3n) is 4.75.